The van der Waals surface area contributed by atoms with Gasteiger partial charge in [-0.2, -0.15) is 26.3 Å². The number of hydrogen-bond acceptors (Lipinski definition) is 2. The quantitative estimate of drug-likeness (QED) is 0.830. The second-order valence-corrected chi connectivity index (χ2v) is 5.40. The van der Waals surface area contributed by atoms with Gasteiger partial charge in [0, 0.05) is 25.7 Å². The molecule has 1 fully saturated rings. The van der Waals surface area contributed by atoms with Gasteiger partial charge in [-0.3, -0.25) is 9.59 Å². The third-order valence-electron chi connectivity index (χ3n) is 3.55. The molecule has 4 nitrogen and oxygen atoms in total. The van der Waals surface area contributed by atoms with Gasteiger partial charge in [0.25, 0.3) is 0 Å². The van der Waals surface area contributed by atoms with Crippen LogP contribution in [0.4, 0.5) is 32.0 Å². The van der Waals surface area contributed by atoms with Crippen molar-refractivity contribution in [3.8, 4) is 0 Å². The van der Waals surface area contributed by atoms with Gasteiger partial charge in [-0.15, -0.1) is 0 Å². The lowest BCUT2D eigenvalue weighted by molar-refractivity contribution is -0.143. The SMILES string of the molecule is CC(=O)N1CC(C(=O)Nc2cc(C(F)(F)F)cc(C(F)(F)F)c2)C1. The monoisotopic (exact) mass is 354 g/mol. The first-order valence-electron chi connectivity index (χ1n) is 6.74. The molecule has 0 atom stereocenters. The molecule has 1 aromatic carbocycles. The third-order valence-corrected chi connectivity index (χ3v) is 3.55. The van der Waals surface area contributed by atoms with Crippen LogP contribution >= 0.6 is 0 Å². The molecule has 1 aliphatic rings. The zero-order valence-corrected chi connectivity index (χ0v) is 12.3. The number of amides is 2. The highest BCUT2D eigenvalue weighted by Crippen LogP contribution is 2.37. The number of nitrogens with zero attached hydrogens (tertiary/aromatic N) is 1. The van der Waals surface area contributed by atoms with E-state index in [1.807, 2.05) is 0 Å². The Balaban J connectivity index is 2.20. The molecule has 0 aromatic heterocycles. The minimum atomic E-state index is -4.98. The molecule has 24 heavy (non-hydrogen) atoms. The summed E-state index contributed by atoms with van der Waals surface area (Å²) in [6, 6.07) is 0.861. The maximum atomic E-state index is 12.7. The highest BCUT2D eigenvalue weighted by Gasteiger charge is 2.38. The van der Waals surface area contributed by atoms with Gasteiger partial charge in [-0.25, -0.2) is 0 Å². The Morgan fingerprint density at radius 3 is 1.83 bits per heavy atom. The van der Waals surface area contributed by atoms with Gasteiger partial charge >= 0.3 is 12.4 Å². The summed E-state index contributed by atoms with van der Waals surface area (Å²) in [5.41, 5.74) is -3.61. The fourth-order valence-electron chi connectivity index (χ4n) is 2.17. The minimum absolute atomic E-state index is 0.0174. The summed E-state index contributed by atoms with van der Waals surface area (Å²) in [5, 5.41) is 2.05. The smallest absolute Gasteiger partial charge is 0.341 e. The number of nitrogens with one attached hydrogen (secondary N) is 1. The molecule has 0 spiro atoms. The van der Waals surface area contributed by atoms with Crippen LogP contribution in [0.1, 0.15) is 18.1 Å². The van der Waals surface area contributed by atoms with Crippen molar-refractivity contribution < 1.29 is 35.9 Å². The number of carbonyl (C=O) groups is 2. The summed E-state index contributed by atoms with van der Waals surface area (Å²) in [6.45, 7) is 1.44. The lowest BCUT2D eigenvalue weighted by Crippen LogP contribution is -2.53. The van der Waals surface area contributed by atoms with Crippen molar-refractivity contribution in [3.05, 3.63) is 29.3 Å². The molecule has 1 saturated heterocycles. The minimum Gasteiger partial charge on any atom is -0.341 e. The van der Waals surface area contributed by atoms with E-state index >= 15 is 0 Å². The predicted molar refractivity (Wildman–Crippen MR) is 70.8 cm³/mol. The largest absolute Gasteiger partial charge is 0.416 e. The van der Waals surface area contributed by atoms with Crippen molar-refractivity contribution in [2.45, 2.75) is 19.3 Å². The molecule has 0 saturated carbocycles. The van der Waals surface area contributed by atoms with E-state index in [9.17, 15) is 35.9 Å². The standard InChI is InChI=1S/C14H12F6N2O2/c1-7(23)22-5-8(6-22)12(24)21-11-3-9(13(15,16)17)2-10(4-11)14(18,19)20/h2-4,8H,5-6H2,1H3,(H,21,24). The van der Waals surface area contributed by atoms with Crippen LogP contribution in [0.15, 0.2) is 18.2 Å². The fraction of sp³-hybridized carbons (Fsp3) is 0.429. The van der Waals surface area contributed by atoms with Crippen LogP contribution in [0.2, 0.25) is 0 Å². The summed E-state index contributed by atoms with van der Waals surface area (Å²) in [7, 11) is 0. The summed E-state index contributed by atoms with van der Waals surface area (Å²) >= 11 is 0. The van der Waals surface area contributed by atoms with Gasteiger partial charge in [-0.1, -0.05) is 0 Å². The van der Waals surface area contributed by atoms with E-state index in [2.05, 4.69) is 5.32 Å². The number of alkyl halides is 6. The van der Waals surface area contributed by atoms with Crippen molar-refractivity contribution in [1.82, 2.24) is 4.90 Å². The Kier molecular flexibility index (Phi) is 4.51. The van der Waals surface area contributed by atoms with Crippen molar-refractivity contribution >= 4 is 17.5 Å². The normalized spacial score (nSPS) is 15.9. The molecule has 10 heteroatoms. The first kappa shape index (κ1) is 18.1. The van der Waals surface area contributed by atoms with E-state index in [-0.39, 0.29) is 25.1 Å². The summed E-state index contributed by atoms with van der Waals surface area (Å²) < 4.78 is 76.4. The lowest BCUT2D eigenvalue weighted by Gasteiger charge is -2.37. The summed E-state index contributed by atoms with van der Waals surface area (Å²) in [4.78, 5) is 24.2. The van der Waals surface area contributed by atoms with Crippen molar-refractivity contribution in [1.29, 1.82) is 0 Å². The molecule has 0 radical (unpaired) electrons. The number of likely N-dealkylation sites (tertiary alicyclic amines) is 1. The fourth-order valence-corrected chi connectivity index (χ4v) is 2.17. The number of halogens is 6. The van der Waals surface area contributed by atoms with Crippen LogP contribution in [0.3, 0.4) is 0 Å². The molecule has 0 unspecified atom stereocenters. The molecule has 1 aliphatic heterocycles. The topological polar surface area (TPSA) is 49.4 Å². The van der Waals surface area contributed by atoms with Crippen LogP contribution in [0.5, 0.6) is 0 Å². The molecular weight excluding hydrogens is 342 g/mol. The highest BCUT2D eigenvalue weighted by molar-refractivity contribution is 5.94. The Bertz CT molecular complexity index is 630. The average molecular weight is 354 g/mol. The average Bonchev–Trinajstić information content (AvgIpc) is 2.33. The van der Waals surface area contributed by atoms with E-state index in [4.69, 9.17) is 0 Å². The maximum Gasteiger partial charge on any atom is 0.416 e. The van der Waals surface area contributed by atoms with E-state index < -0.39 is 41.0 Å². The Morgan fingerprint density at radius 2 is 1.46 bits per heavy atom. The van der Waals surface area contributed by atoms with Crippen LogP contribution in [-0.2, 0) is 21.9 Å². The first-order valence-corrected chi connectivity index (χ1v) is 6.74. The molecule has 2 rings (SSSR count). The molecule has 1 heterocycles. The van der Waals surface area contributed by atoms with Gasteiger partial charge in [-0.05, 0) is 18.2 Å². The highest BCUT2D eigenvalue weighted by atomic mass is 19.4. The predicted octanol–water partition coefficient (Wildman–Crippen LogP) is 3.14. The zero-order valence-electron chi connectivity index (χ0n) is 12.3. The number of hydrogen-bond donors (Lipinski definition) is 1. The molecular formula is C14H12F6N2O2. The van der Waals surface area contributed by atoms with E-state index in [1.54, 1.807) is 0 Å². The molecule has 2 amide bonds. The second-order valence-electron chi connectivity index (χ2n) is 5.40. The second kappa shape index (κ2) is 5.99. The first-order chi connectivity index (χ1) is 10.9. The summed E-state index contributed by atoms with van der Waals surface area (Å²) in [5.74, 6) is -1.67. The number of benzene rings is 1. The number of carbonyl (C=O) groups excluding carboxylic acids is 2. The lowest BCUT2D eigenvalue weighted by atomic mass is 9.99. The van der Waals surface area contributed by atoms with E-state index in [0.29, 0.717) is 12.1 Å². The van der Waals surface area contributed by atoms with Crippen molar-refractivity contribution in [2.24, 2.45) is 5.92 Å². The molecule has 1 aromatic rings. The Morgan fingerprint density at radius 1 is 1.00 bits per heavy atom. The van der Waals surface area contributed by atoms with E-state index in [0.717, 1.165) is 0 Å². The van der Waals surface area contributed by atoms with Crippen LogP contribution in [0, 0.1) is 5.92 Å². The zero-order chi connectivity index (χ0) is 18.3. The van der Waals surface area contributed by atoms with Crippen LogP contribution in [-0.4, -0.2) is 29.8 Å². The van der Waals surface area contributed by atoms with Gasteiger partial charge < -0.3 is 10.2 Å². The van der Waals surface area contributed by atoms with Crippen LogP contribution in [0.25, 0.3) is 0 Å². The van der Waals surface area contributed by atoms with Gasteiger partial charge in [0.05, 0.1) is 17.0 Å². The summed E-state index contributed by atoms with van der Waals surface area (Å²) in [6.07, 6.45) is -9.97. The van der Waals surface area contributed by atoms with Gasteiger partial charge in [0.2, 0.25) is 11.8 Å². The van der Waals surface area contributed by atoms with Gasteiger partial charge in [0.15, 0.2) is 0 Å². The van der Waals surface area contributed by atoms with Crippen LogP contribution < -0.4 is 5.32 Å². The van der Waals surface area contributed by atoms with Gasteiger partial charge in [0.1, 0.15) is 0 Å². The van der Waals surface area contributed by atoms with Crippen molar-refractivity contribution in [3.63, 3.8) is 0 Å². The molecule has 1 N–H and O–H groups in total. The molecule has 0 bridgehead atoms. The third kappa shape index (κ3) is 3.98. The van der Waals surface area contributed by atoms with E-state index in [1.165, 1.54) is 11.8 Å². The number of rotatable bonds is 2. The Labute approximate surface area is 132 Å². The molecule has 0 aliphatic carbocycles. The molecule has 132 valence electrons. The maximum absolute atomic E-state index is 12.7. The van der Waals surface area contributed by atoms with Crippen molar-refractivity contribution in [2.75, 3.05) is 18.4 Å². The number of anilines is 1. The Hall–Kier alpha value is -2.26.